The first-order valence-electron chi connectivity index (χ1n) is 15.6. The summed E-state index contributed by atoms with van der Waals surface area (Å²) in [5.74, 6) is 2.07. The monoisotopic (exact) mass is 637 g/mol. The molecular weight excluding hydrogens is 581 g/mol. The summed E-state index contributed by atoms with van der Waals surface area (Å²) in [5, 5.41) is 9.49. The van der Waals surface area contributed by atoms with E-state index in [0.717, 1.165) is 11.5 Å². The first-order chi connectivity index (χ1) is 19.9. The molecule has 0 radical (unpaired) electrons. The summed E-state index contributed by atoms with van der Waals surface area (Å²) in [6.07, 6.45) is 22.8. The minimum atomic E-state index is -3.95. The molecule has 0 aromatic carbocycles. The van der Waals surface area contributed by atoms with Crippen LogP contribution in [0, 0.1) is 0 Å². The molecule has 1 aromatic heterocycles. The van der Waals surface area contributed by atoms with Crippen LogP contribution in [0.3, 0.4) is 0 Å². The Kier molecular flexibility index (Phi) is 24.3. The Morgan fingerprint density at radius 1 is 0.902 bits per heavy atom. The fourth-order valence-corrected chi connectivity index (χ4v) is 7.45. The van der Waals surface area contributed by atoms with E-state index in [1.807, 2.05) is 10.8 Å². The van der Waals surface area contributed by atoms with Gasteiger partial charge in [-0.15, -0.1) is 0 Å². The minimum Gasteiger partial charge on any atom is -0.394 e. The third-order valence-corrected chi connectivity index (χ3v) is 10.4. The van der Waals surface area contributed by atoms with Crippen molar-refractivity contribution in [2.45, 2.75) is 129 Å². The second-order valence-electron chi connectivity index (χ2n) is 10.7. The summed E-state index contributed by atoms with van der Waals surface area (Å²) in [5.41, 5.74) is 4.88. The molecule has 0 aliphatic rings. The number of hydrogen-bond acceptors (Lipinski definition) is 9. The Morgan fingerprint density at radius 3 is 1.93 bits per heavy atom. The van der Waals surface area contributed by atoms with Crippen LogP contribution in [-0.4, -0.2) is 56.7 Å². The number of aromatic nitrogens is 2. The molecule has 240 valence electrons. The van der Waals surface area contributed by atoms with Crippen LogP contribution in [-0.2, 0) is 20.4 Å². The maximum atomic E-state index is 12.2. The molecule has 1 heterocycles. The van der Waals surface area contributed by atoms with E-state index in [1.165, 1.54) is 120 Å². The lowest BCUT2D eigenvalue weighted by molar-refractivity contribution is 0.0168. The van der Waals surface area contributed by atoms with Crippen molar-refractivity contribution in [2.24, 2.45) is 0 Å². The molecule has 9 nitrogen and oxygen atoms in total. The molecule has 12 heteroatoms. The summed E-state index contributed by atoms with van der Waals surface area (Å²) in [6, 6.07) is 1.45. The van der Waals surface area contributed by atoms with Crippen LogP contribution in [0.4, 0.5) is 5.82 Å². The first kappa shape index (κ1) is 38.5. The van der Waals surface area contributed by atoms with Crippen LogP contribution in [0.2, 0.25) is 0 Å². The average Bonchev–Trinajstić information content (AvgIpc) is 2.95. The summed E-state index contributed by atoms with van der Waals surface area (Å²) in [6.45, 7) is 1.99. The number of anilines is 1. The van der Waals surface area contributed by atoms with Gasteiger partial charge in [-0.1, -0.05) is 125 Å². The number of nitrogens with two attached hydrogens (primary N) is 1. The molecule has 0 bridgehead atoms. The first-order valence-corrected chi connectivity index (χ1v) is 19.9. The lowest BCUT2D eigenvalue weighted by Crippen LogP contribution is -2.32. The fourth-order valence-electron chi connectivity index (χ4n) is 4.35. The second-order valence-corrected chi connectivity index (χ2v) is 15.2. The zero-order chi connectivity index (χ0) is 30.0. The molecule has 0 fully saturated rings. The minimum absolute atomic E-state index is 0.0180. The maximum absolute atomic E-state index is 12.2. The summed E-state index contributed by atoms with van der Waals surface area (Å²) >= 11 is 0. The molecule has 0 amide bonds. The van der Waals surface area contributed by atoms with Gasteiger partial charge < -0.3 is 25.0 Å². The second kappa shape index (κ2) is 25.9. The lowest BCUT2D eigenvalue weighted by Gasteiger charge is -2.19. The van der Waals surface area contributed by atoms with E-state index in [2.05, 4.69) is 11.9 Å². The summed E-state index contributed by atoms with van der Waals surface area (Å²) in [4.78, 5) is 25.4. The smallest absolute Gasteiger partial charge is 0.353 e. The maximum Gasteiger partial charge on any atom is 0.353 e. The van der Waals surface area contributed by atoms with Gasteiger partial charge in [0.1, 0.15) is 12.2 Å². The van der Waals surface area contributed by atoms with E-state index >= 15 is 0 Å². The third kappa shape index (κ3) is 22.6. The fraction of sp³-hybridized carbons (Fsp3) is 0.862. The average molecular weight is 638 g/mol. The number of ether oxygens (including phenoxy) is 1. The molecule has 4 N–H and O–H groups in total. The highest BCUT2D eigenvalue weighted by atomic mass is 33.1. The van der Waals surface area contributed by atoms with Crippen molar-refractivity contribution in [3.05, 3.63) is 22.7 Å². The zero-order valence-electron chi connectivity index (χ0n) is 25.3. The number of aliphatic hydroxyl groups excluding tert-OH is 1. The molecule has 1 aromatic rings. The van der Waals surface area contributed by atoms with Crippen molar-refractivity contribution < 1.29 is 23.8 Å². The van der Waals surface area contributed by atoms with Gasteiger partial charge in [0, 0.05) is 17.7 Å². The zero-order valence-corrected chi connectivity index (χ0v) is 27.8. The van der Waals surface area contributed by atoms with Gasteiger partial charge in [-0.25, -0.2) is 4.79 Å². The molecule has 0 aliphatic carbocycles. The van der Waals surface area contributed by atoms with E-state index in [9.17, 15) is 19.4 Å². The Morgan fingerprint density at radius 2 is 1.41 bits per heavy atom. The number of hydrogen-bond donors (Lipinski definition) is 3. The van der Waals surface area contributed by atoms with Crippen molar-refractivity contribution in [3.8, 4) is 0 Å². The van der Waals surface area contributed by atoms with Gasteiger partial charge in [0.25, 0.3) is 0 Å². The van der Waals surface area contributed by atoms with Gasteiger partial charge >= 0.3 is 13.3 Å². The van der Waals surface area contributed by atoms with Crippen LogP contribution in [0.5, 0.6) is 0 Å². The summed E-state index contributed by atoms with van der Waals surface area (Å²) < 4.78 is 23.9. The molecule has 41 heavy (non-hydrogen) atoms. The summed E-state index contributed by atoms with van der Waals surface area (Å²) in [7, 11) is -0.328. The standard InChI is InChI=1S/C29H56N3O6PS2/c1-2-3-4-5-6-7-8-9-10-11-12-13-14-15-16-17-22-40-41-23-18-21-38-39(35,36)26-37-27(25-33)24-32-20-19-28(30)31-29(32)34/h19-20,27,33H,2-18,21-26H2,1H3,(H,35,36)(H2,30,31,34)/t27-/m0/s1. The molecule has 0 spiro atoms. The van der Waals surface area contributed by atoms with Crippen molar-refractivity contribution in [2.75, 3.05) is 36.8 Å². The highest BCUT2D eigenvalue weighted by Gasteiger charge is 2.22. The van der Waals surface area contributed by atoms with Crippen molar-refractivity contribution in [1.82, 2.24) is 9.55 Å². The quantitative estimate of drug-likeness (QED) is 0.0463. The van der Waals surface area contributed by atoms with Crippen molar-refractivity contribution in [1.29, 1.82) is 0 Å². The van der Waals surface area contributed by atoms with Gasteiger partial charge in [0.15, 0.2) is 0 Å². The van der Waals surface area contributed by atoms with Crippen LogP contribution in [0.25, 0.3) is 0 Å². The molecular formula is C29H56N3O6PS2. The van der Waals surface area contributed by atoms with Crippen LogP contribution in [0.1, 0.15) is 116 Å². The number of nitrogens with zero attached hydrogens (tertiary/aromatic N) is 2. The Bertz CT molecular complexity index is 864. The molecule has 0 aliphatic heterocycles. The highest BCUT2D eigenvalue weighted by Crippen LogP contribution is 2.42. The van der Waals surface area contributed by atoms with Crippen molar-refractivity contribution >= 4 is 35.0 Å². The van der Waals surface area contributed by atoms with E-state index < -0.39 is 32.3 Å². The molecule has 2 atom stereocenters. The van der Waals surface area contributed by atoms with E-state index in [-0.39, 0.29) is 19.0 Å². The van der Waals surface area contributed by atoms with Crippen LogP contribution >= 0.6 is 29.2 Å². The largest absolute Gasteiger partial charge is 0.394 e. The topological polar surface area (TPSA) is 137 Å². The van der Waals surface area contributed by atoms with E-state index in [4.69, 9.17) is 15.0 Å². The van der Waals surface area contributed by atoms with Crippen LogP contribution in [0.15, 0.2) is 17.1 Å². The number of aliphatic hydroxyl groups is 1. The van der Waals surface area contributed by atoms with Gasteiger partial charge in [-0.05, 0) is 18.9 Å². The third-order valence-electron chi connectivity index (χ3n) is 6.80. The predicted octanol–water partition coefficient (Wildman–Crippen LogP) is 7.40. The van der Waals surface area contributed by atoms with E-state index in [1.54, 1.807) is 10.8 Å². The predicted molar refractivity (Wildman–Crippen MR) is 175 cm³/mol. The van der Waals surface area contributed by atoms with Gasteiger partial charge in [0.05, 0.1) is 25.9 Å². The number of unbranched alkanes of at least 4 members (excludes halogenated alkanes) is 15. The molecule has 1 rings (SSSR count). The molecule has 0 saturated heterocycles. The normalized spacial score (nSPS) is 13.8. The Labute approximate surface area is 256 Å². The lowest BCUT2D eigenvalue weighted by atomic mass is 10.0. The Balaban J connectivity index is 1.89. The SMILES string of the molecule is CCCCCCCCCCCCCCCCCCSSCCCOP(=O)(O)CO[C@H](CO)Cn1ccc(N)nc1=O. The van der Waals surface area contributed by atoms with Gasteiger partial charge in [-0.3, -0.25) is 9.13 Å². The molecule has 0 saturated carbocycles. The van der Waals surface area contributed by atoms with Crippen LogP contribution < -0.4 is 11.4 Å². The van der Waals surface area contributed by atoms with E-state index in [0.29, 0.717) is 6.42 Å². The Hall–Kier alpha value is -0.550. The van der Waals surface area contributed by atoms with Crippen molar-refractivity contribution in [3.63, 3.8) is 0 Å². The molecule has 1 unspecified atom stereocenters. The van der Waals surface area contributed by atoms with Gasteiger partial charge in [-0.2, -0.15) is 4.98 Å². The highest BCUT2D eigenvalue weighted by molar-refractivity contribution is 8.76. The number of nitrogen functional groups attached to an aromatic ring is 1. The van der Waals surface area contributed by atoms with Gasteiger partial charge in [0.2, 0.25) is 0 Å². The number of rotatable bonds is 29.